The Morgan fingerprint density at radius 1 is 0.917 bits per heavy atom. The van der Waals surface area contributed by atoms with Gasteiger partial charge in [0.1, 0.15) is 5.65 Å². The number of nitrogens with two attached hydrogens (primary N) is 1. The van der Waals surface area contributed by atoms with Gasteiger partial charge in [0.15, 0.2) is 10.9 Å². The van der Waals surface area contributed by atoms with Crippen LogP contribution in [0.25, 0.3) is 21.9 Å². The molecule has 10 heteroatoms. The van der Waals surface area contributed by atoms with Gasteiger partial charge < -0.3 is 16.4 Å². The van der Waals surface area contributed by atoms with Crippen LogP contribution in [-0.2, 0) is 0 Å². The number of pyridine rings is 1. The monoisotopic (exact) mass is 492 g/mol. The smallest absolute Gasteiger partial charge is 0.256 e. The van der Waals surface area contributed by atoms with Crippen LogP contribution in [0.4, 0.5) is 22.3 Å². The Morgan fingerprint density at radius 2 is 1.72 bits per heavy atom. The normalized spacial score (nSPS) is 11.0. The molecule has 0 bridgehead atoms. The predicted molar refractivity (Wildman–Crippen MR) is 142 cm³/mol. The van der Waals surface area contributed by atoms with E-state index in [1.807, 2.05) is 83.7 Å². The molecule has 4 N–H and O–H groups in total. The molecule has 4 aromatic heterocycles. The van der Waals surface area contributed by atoms with E-state index in [1.165, 1.54) is 11.3 Å². The number of carbonyl (C=O) groups is 1. The van der Waals surface area contributed by atoms with E-state index in [1.54, 1.807) is 23.0 Å². The zero-order valence-corrected chi connectivity index (χ0v) is 19.7. The Hall–Kier alpha value is -4.96. The highest BCUT2D eigenvalue weighted by atomic mass is 32.1. The first kappa shape index (κ1) is 21.6. The lowest BCUT2D eigenvalue weighted by Gasteiger charge is -2.06. The van der Waals surface area contributed by atoms with Gasteiger partial charge in [-0.1, -0.05) is 35.6 Å². The molecule has 4 heterocycles. The number of hydrogen-bond acceptors (Lipinski definition) is 7. The number of thiazole rings is 1. The molecule has 0 aliphatic carbocycles. The number of imidazole rings is 1. The Balaban J connectivity index is 1.14. The molecule has 36 heavy (non-hydrogen) atoms. The van der Waals surface area contributed by atoms with Gasteiger partial charge in [0.2, 0.25) is 0 Å². The fourth-order valence-corrected chi connectivity index (χ4v) is 4.61. The van der Waals surface area contributed by atoms with Crippen molar-refractivity contribution in [1.29, 1.82) is 0 Å². The number of anilines is 4. The first-order valence-corrected chi connectivity index (χ1v) is 11.9. The van der Waals surface area contributed by atoms with Crippen LogP contribution in [0.15, 0.2) is 97.6 Å². The van der Waals surface area contributed by atoms with Crippen LogP contribution in [-0.4, -0.2) is 30.1 Å². The summed E-state index contributed by atoms with van der Waals surface area (Å²) < 4.78 is 3.66. The predicted octanol–water partition coefficient (Wildman–Crippen LogP) is 5.22. The molecule has 176 valence electrons. The largest absolute Gasteiger partial charge is 0.394 e. The van der Waals surface area contributed by atoms with Crippen molar-refractivity contribution in [2.75, 3.05) is 16.4 Å². The molecule has 0 atom stereocenters. The second-order valence-electron chi connectivity index (χ2n) is 7.97. The molecule has 0 radical (unpaired) electrons. The lowest BCUT2D eigenvalue weighted by molar-refractivity contribution is 0.102. The van der Waals surface area contributed by atoms with Gasteiger partial charge in [-0.2, -0.15) is 0 Å². The Labute approximate surface area is 209 Å². The highest BCUT2D eigenvalue weighted by molar-refractivity contribution is 7.18. The average Bonchev–Trinajstić information content (AvgIpc) is 3.64. The van der Waals surface area contributed by atoms with Crippen LogP contribution in [0.3, 0.4) is 0 Å². The summed E-state index contributed by atoms with van der Waals surface area (Å²) in [6, 6.07) is 22.6. The number of carbonyl (C=O) groups excluding carboxylic acids is 1. The number of benzene rings is 2. The summed E-state index contributed by atoms with van der Waals surface area (Å²) in [5.41, 5.74) is 10.5. The maximum absolute atomic E-state index is 12.8. The summed E-state index contributed by atoms with van der Waals surface area (Å²) >= 11 is 1.53. The number of nitrogens with one attached hydrogen (secondary N) is 2. The fraction of sp³-hybridized carbons (Fsp3) is 0. The molecular formula is C26H20N8OS. The average molecular weight is 493 g/mol. The number of nitrogen functional groups attached to an aromatic ring is 1. The van der Waals surface area contributed by atoms with Crippen LogP contribution in [0.1, 0.15) is 10.4 Å². The first-order chi connectivity index (χ1) is 17.6. The number of hydrogen-bond donors (Lipinski definition) is 3. The molecule has 6 rings (SSSR count). The molecule has 0 aliphatic rings. The van der Waals surface area contributed by atoms with Crippen LogP contribution in [0, 0.1) is 0 Å². The van der Waals surface area contributed by atoms with Crippen LogP contribution < -0.4 is 16.4 Å². The molecule has 2 aromatic carbocycles. The first-order valence-electron chi connectivity index (χ1n) is 11.1. The van der Waals surface area contributed by atoms with Crippen molar-refractivity contribution >= 4 is 45.2 Å². The fourth-order valence-electron chi connectivity index (χ4n) is 3.77. The maximum atomic E-state index is 12.8. The lowest BCUT2D eigenvalue weighted by Crippen LogP contribution is -2.13. The molecule has 0 unspecified atom stereocenters. The van der Waals surface area contributed by atoms with Crippen molar-refractivity contribution in [3.63, 3.8) is 0 Å². The SMILES string of the molecule is Nc1cn(-c2ccccc2)nc1NC(=O)c1ccc(Nc2ncc(-c3cnc4ccccn34)s2)cc1. The standard InChI is InChI=1S/C26H20N8OS/c27-20-16-34(19-6-2-1-3-7-19)32-24(20)31-25(35)17-9-11-18(12-10-17)30-26-29-15-22(36-26)21-14-28-23-8-4-5-13-33(21)23/h1-16H,27H2,(H,29,30)(H,31,32,35). The molecule has 0 fully saturated rings. The summed E-state index contributed by atoms with van der Waals surface area (Å²) in [6.07, 6.45) is 7.32. The summed E-state index contributed by atoms with van der Waals surface area (Å²) in [7, 11) is 0. The summed E-state index contributed by atoms with van der Waals surface area (Å²) in [5.74, 6) is 0.0180. The van der Waals surface area contributed by atoms with E-state index >= 15 is 0 Å². The van der Waals surface area contributed by atoms with Crippen molar-refractivity contribution in [2.45, 2.75) is 0 Å². The van der Waals surface area contributed by atoms with E-state index in [4.69, 9.17) is 5.73 Å². The van der Waals surface area contributed by atoms with E-state index in [9.17, 15) is 4.79 Å². The summed E-state index contributed by atoms with van der Waals surface area (Å²) in [5, 5.41) is 11.2. The lowest BCUT2D eigenvalue weighted by atomic mass is 10.2. The van der Waals surface area contributed by atoms with Gasteiger partial charge in [-0.3, -0.25) is 9.20 Å². The third-order valence-corrected chi connectivity index (χ3v) is 6.50. The van der Waals surface area contributed by atoms with Crippen molar-refractivity contribution in [3.05, 3.63) is 103 Å². The Bertz CT molecular complexity index is 1670. The molecule has 0 aliphatic heterocycles. The van der Waals surface area contributed by atoms with E-state index in [-0.39, 0.29) is 5.91 Å². The van der Waals surface area contributed by atoms with Crippen molar-refractivity contribution in [2.24, 2.45) is 0 Å². The number of fused-ring (bicyclic) bond motifs is 1. The van der Waals surface area contributed by atoms with Crippen molar-refractivity contribution in [3.8, 4) is 16.3 Å². The van der Waals surface area contributed by atoms with Gasteiger partial charge in [0, 0.05) is 23.6 Å². The maximum Gasteiger partial charge on any atom is 0.256 e. The molecule has 1 amide bonds. The molecule has 9 nitrogen and oxygen atoms in total. The van der Waals surface area contributed by atoms with Crippen molar-refractivity contribution in [1.82, 2.24) is 24.1 Å². The van der Waals surface area contributed by atoms with Crippen LogP contribution >= 0.6 is 11.3 Å². The molecule has 0 saturated heterocycles. The number of rotatable bonds is 6. The Kier molecular flexibility index (Phi) is 5.39. The van der Waals surface area contributed by atoms with Gasteiger partial charge in [-0.25, -0.2) is 14.6 Å². The quantitative estimate of drug-likeness (QED) is 0.294. The van der Waals surface area contributed by atoms with Crippen LogP contribution in [0.5, 0.6) is 0 Å². The molecule has 0 saturated carbocycles. The summed E-state index contributed by atoms with van der Waals surface area (Å²) in [6.45, 7) is 0. The van der Waals surface area contributed by atoms with E-state index in [0.717, 1.165) is 32.7 Å². The third kappa shape index (κ3) is 4.17. The number of aromatic nitrogens is 5. The van der Waals surface area contributed by atoms with Gasteiger partial charge in [-0.15, -0.1) is 5.10 Å². The molecule has 6 aromatic rings. The zero-order valence-electron chi connectivity index (χ0n) is 18.9. The van der Waals surface area contributed by atoms with E-state index in [2.05, 4.69) is 25.7 Å². The molecular weight excluding hydrogens is 472 g/mol. The molecule has 0 spiro atoms. The minimum absolute atomic E-state index is 0.296. The minimum atomic E-state index is -0.296. The van der Waals surface area contributed by atoms with Crippen molar-refractivity contribution < 1.29 is 4.79 Å². The highest BCUT2D eigenvalue weighted by Gasteiger charge is 2.13. The zero-order chi connectivity index (χ0) is 24.5. The second-order valence-corrected chi connectivity index (χ2v) is 9.00. The van der Waals surface area contributed by atoms with Gasteiger partial charge >= 0.3 is 0 Å². The Morgan fingerprint density at radius 3 is 2.56 bits per heavy atom. The van der Waals surface area contributed by atoms with Gasteiger partial charge in [0.05, 0.1) is 34.3 Å². The van der Waals surface area contributed by atoms with Gasteiger partial charge in [-0.05, 0) is 48.5 Å². The number of nitrogens with zero attached hydrogens (tertiary/aromatic N) is 5. The van der Waals surface area contributed by atoms with E-state index < -0.39 is 0 Å². The topological polar surface area (TPSA) is 115 Å². The summed E-state index contributed by atoms with van der Waals surface area (Å²) in [4.78, 5) is 22.7. The van der Waals surface area contributed by atoms with E-state index in [0.29, 0.717) is 17.1 Å². The number of para-hydroxylation sites is 1. The second kappa shape index (κ2) is 9.01. The highest BCUT2D eigenvalue weighted by Crippen LogP contribution is 2.31. The van der Waals surface area contributed by atoms with Crippen LogP contribution in [0.2, 0.25) is 0 Å². The minimum Gasteiger partial charge on any atom is -0.394 e. The number of amides is 1. The third-order valence-electron chi connectivity index (χ3n) is 5.57. The van der Waals surface area contributed by atoms with Gasteiger partial charge in [0.25, 0.3) is 5.91 Å².